The topological polar surface area (TPSA) is 52.6 Å². The Morgan fingerprint density at radius 3 is 2.68 bits per heavy atom. The minimum Gasteiger partial charge on any atom is -0.393 e. The summed E-state index contributed by atoms with van der Waals surface area (Å²) in [6.45, 7) is 3.41. The van der Waals surface area contributed by atoms with Crippen LogP contribution in [0.3, 0.4) is 0 Å². The van der Waals surface area contributed by atoms with Gasteiger partial charge in [0.25, 0.3) is 0 Å². The van der Waals surface area contributed by atoms with Crippen molar-refractivity contribution in [2.75, 3.05) is 19.6 Å². The van der Waals surface area contributed by atoms with Crippen LogP contribution < -0.4 is 5.32 Å². The van der Waals surface area contributed by atoms with Crippen LogP contribution in [0.2, 0.25) is 0 Å². The van der Waals surface area contributed by atoms with Crippen molar-refractivity contribution in [2.24, 2.45) is 5.92 Å². The number of urea groups is 1. The molecule has 2 amide bonds. The molecule has 2 N–H and O–H groups in total. The zero-order valence-electron chi connectivity index (χ0n) is 12.7. The monoisotopic (exact) mass is 312 g/mol. The van der Waals surface area contributed by atoms with E-state index in [-0.39, 0.29) is 11.9 Å². The SMILES string of the molecule is C[C@H](O)[C@H]1CCN(C(=O)NCCCc2cc(F)cc(F)c2)C1. The number of benzene rings is 1. The summed E-state index contributed by atoms with van der Waals surface area (Å²) < 4.78 is 26.1. The van der Waals surface area contributed by atoms with E-state index in [9.17, 15) is 18.7 Å². The number of halogens is 2. The Balaban J connectivity index is 1.69. The Hall–Kier alpha value is -1.69. The number of carbonyl (C=O) groups is 1. The number of nitrogens with zero attached hydrogens (tertiary/aromatic N) is 1. The fourth-order valence-electron chi connectivity index (χ4n) is 2.72. The van der Waals surface area contributed by atoms with Crippen LogP contribution in [0, 0.1) is 17.6 Å². The lowest BCUT2D eigenvalue weighted by atomic mass is 10.0. The van der Waals surface area contributed by atoms with Crippen LogP contribution >= 0.6 is 0 Å². The minimum absolute atomic E-state index is 0.140. The molecule has 0 aromatic heterocycles. The molecular formula is C16H22F2N2O2. The van der Waals surface area contributed by atoms with Gasteiger partial charge in [-0.25, -0.2) is 13.6 Å². The quantitative estimate of drug-likeness (QED) is 0.820. The molecule has 0 radical (unpaired) electrons. The molecule has 1 fully saturated rings. The summed E-state index contributed by atoms with van der Waals surface area (Å²) in [4.78, 5) is 13.6. The Morgan fingerprint density at radius 2 is 2.09 bits per heavy atom. The summed E-state index contributed by atoms with van der Waals surface area (Å²) in [6, 6.07) is 3.31. The van der Waals surface area contributed by atoms with E-state index in [4.69, 9.17) is 0 Å². The lowest BCUT2D eigenvalue weighted by Gasteiger charge is -2.18. The maximum atomic E-state index is 13.0. The van der Waals surface area contributed by atoms with Crippen LogP contribution in [-0.4, -0.2) is 41.8 Å². The number of aliphatic hydroxyl groups is 1. The van der Waals surface area contributed by atoms with Crippen LogP contribution in [0.15, 0.2) is 18.2 Å². The van der Waals surface area contributed by atoms with Crippen molar-refractivity contribution in [3.05, 3.63) is 35.4 Å². The largest absolute Gasteiger partial charge is 0.393 e. The summed E-state index contributed by atoms with van der Waals surface area (Å²) in [5, 5.41) is 12.3. The van der Waals surface area contributed by atoms with Gasteiger partial charge in [0, 0.05) is 31.6 Å². The first-order valence-corrected chi connectivity index (χ1v) is 7.61. The fourth-order valence-corrected chi connectivity index (χ4v) is 2.72. The third kappa shape index (κ3) is 4.66. The van der Waals surface area contributed by atoms with Gasteiger partial charge in [-0.3, -0.25) is 0 Å². The average Bonchev–Trinajstić information content (AvgIpc) is 2.92. The number of hydrogen-bond donors (Lipinski definition) is 2. The molecule has 2 rings (SSSR count). The second kappa shape index (κ2) is 7.54. The Bertz CT molecular complexity index is 503. The van der Waals surface area contributed by atoms with E-state index in [2.05, 4.69) is 5.32 Å². The van der Waals surface area contributed by atoms with Crippen LogP contribution in [-0.2, 0) is 6.42 Å². The molecule has 2 atom stereocenters. The molecule has 1 aromatic rings. The first-order chi connectivity index (χ1) is 10.5. The van der Waals surface area contributed by atoms with Gasteiger partial charge in [-0.15, -0.1) is 0 Å². The summed E-state index contributed by atoms with van der Waals surface area (Å²) in [5.41, 5.74) is 0.585. The van der Waals surface area contributed by atoms with E-state index in [1.54, 1.807) is 11.8 Å². The van der Waals surface area contributed by atoms with Crippen molar-refractivity contribution >= 4 is 6.03 Å². The van der Waals surface area contributed by atoms with E-state index < -0.39 is 17.7 Å². The summed E-state index contributed by atoms with van der Waals surface area (Å²) in [5.74, 6) is -1.03. The van der Waals surface area contributed by atoms with Crippen LogP contribution in [0.25, 0.3) is 0 Å². The molecule has 0 unspecified atom stereocenters. The van der Waals surface area contributed by atoms with Gasteiger partial charge < -0.3 is 15.3 Å². The van der Waals surface area contributed by atoms with Gasteiger partial charge in [0.05, 0.1) is 6.10 Å². The second-order valence-corrected chi connectivity index (χ2v) is 5.85. The molecule has 122 valence electrons. The van der Waals surface area contributed by atoms with Crippen molar-refractivity contribution in [1.29, 1.82) is 0 Å². The van der Waals surface area contributed by atoms with Crippen LogP contribution in [0.5, 0.6) is 0 Å². The number of aliphatic hydroxyl groups excluding tert-OH is 1. The van der Waals surface area contributed by atoms with Gasteiger partial charge in [0.2, 0.25) is 0 Å². The van der Waals surface area contributed by atoms with E-state index in [1.165, 1.54) is 12.1 Å². The molecule has 6 heteroatoms. The van der Waals surface area contributed by atoms with Gasteiger partial charge in [-0.2, -0.15) is 0 Å². The molecule has 1 aliphatic rings. The molecule has 4 nitrogen and oxygen atoms in total. The van der Waals surface area contributed by atoms with Crippen LogP contribution in [0.1, 0.15) is 25.3 Å². The van der Waals surface area contributed by atoms with E-state index in [0.29, 0.717) is 38.0 Å². The third-order valence-electron chi connectivity index (χ3n) is 4.03. The van der Waals surface area contributed by atoms with E-state index in [0.717, 1.165) is 12.5 Å². The maximum absolute atomic E-state index is 13.0. The van der Waals surface area contributed by atoms with Crippen molar-refractivity contribution < 1.29 is 18.7 Å². The van der Waals surface area contributed by atoms with Crippen LogP contribution in [0.4, 0.5) is 13.6 Å². The highest BCUT2D eigenvalue weighted by Crippen LogP contribution is 2.19. The lowest BCUT2D eigenvalue weighted by molar-refractivity contribution is 0.129. The molecule has 0 bridgehead atoms. The van der Waals surface area contributed by atoms with Gasteiger partial charge in [-0.05, 0) is 43.9 Å². The Kier molecular flexibility index (Phi) is 5.71. The number of likely N-dealkylation sites (tertiary alicyclic amines) is 1. The third-order valence-corrected chi connectivity index (χ3v) is 4.03. The molecule has 1 saturated heterocycles. The zero-order valence-corrected chi connectivity index (χ0v) is 12.7. The summed E-state index contributed by atoms with van der Waals surface area (Å²) >= 11 is 0. The Morgan fingerprint density at radius 1 is 1.41 bits per heavy atom. The molecule has 1 heterocycles. The molecule has 0 saturated carbocycles. The van der Waals surface area contributed by atoms with Gasteiger partial charge in [-0.1, -0.05) is 0 Å². The summed E-state index contributed by atoms with van der Waals surface area (Å²) in [6.07, 6.45) is 1.53. The lowest BCUT2D eigenvalue weighted by Crippen LogP contribution is -2.39. The first-order valence-electron chi connectivity index (χ1n) is 7.61. The predicted octanol–water partition coefficient (Wildman–Crippen LogP) is 2.31. The van der Waals surface area contributed by atoms with Gasteiger partial charge >= 0.3 is 6.03 Å². The first kappa shape index (κ1) is 16.7. The molecular weight excluding hydrogens is 290 g/mol. The smallest absolute Gasteiger partial charge is 0.317 e. The standard InChI is InChI=1S/C16H22F2N2O2/c1-11(21)13-4-6-20(10-13)16(22)19-5-2-3-12-7-14(17)9-15(18)8-12/h7-9,11,13,21H,2-6,10H2,1H3,(H,19,22)/t11-,13-/m0/s1. The van der Waals surface area contributed by atoms with Crippen molar-refractivity contribution in [1.82, 2.24) is 10.2 Å². The van der Waals surface area contributed by atoms with E-state index in [1.807, 2.05) is 0 Å². The van der Waals surface area contributed by atoms with Gasteiger partial charge in [0.15, 0.2) is 0 Å². The number of rotatable bonds is 5. The van der Waals surface area contributed by atoms with Crippen molar-refractivity contribution in [3.63, 3.8) is 0 Å². The van der Waals surface area contributed by atoms with E-state index >= 15 is 0 Å². The normalized spacial score (nSPS) is 19.3. The van der Waals surface area contributed by atoms with Crippen molar-refractivity contribution in [3.8, 4) is 0 Å². The molecule has 0 spiro atoms. The number of aryl methyl sites for hydroxylation is 1. The molecule has 1 aromatic carbocycles. The minimum atomic E-state index is -0.583. The molecule has 1 aliphatic heterocycles. The number of amides is 2. The Labute approximate surface area is 129 Å². The molecule has 0 aliphatic carbocycles. The second-order valence-electron chi connectivity index (χ2n) is 5.85. The maximum Gasteiger partial charge on any atom is 0.317 e. The highest BCUT2D eigenvalue weighted by molar-refractivity contribution is 5.74. The number of hydrogen-bond acceptors (Lipinski definition) is 2. The average molecular weight is 312 g/mol. The zero-order chi connectivity index (χ0) is 16.1. The number of nitrogens with one attached hydrogen (secondary N) is 1. The predicted molar refractivity (Wildman–Crippen MR) is 79.4 cm³/mol. The highest BCUT2D eigenvalue weighted by Gasteiger charge is 2.28. The fraction of sp³-hybridized carbons (Fsp3) is 0.562. The molecule has 22 heavy (non-hydrogen) atoms. The number of carbonyl (C=O) groups excluding carboxylic acids is 1. The van der Waals surface area contributed by atoms with Crippen molar-refractivity contribution in [2.45, 2.75) is 32.3 Å². The summed E-state index contributed by atoms with van der Waals surface area (Å²) in [7, 11) is 0. The highest BCUT2D eigenvalue weighted by atomic mass is 19.1. The van der Waals surface area contributed by atoms with Gasteiger partial charge in [0.1, 0.15) is 11.6 Å².